The molecule has 3 aliphatic rings. The van der Waals surface area contributed by atoms with E-state index in [1.807, 2.05) is 69.3 Å². The molecule has 3 fully saturated rings. The van der Waals surface area contributed by atoms with Crippen LogP contribution in [0.1, 0.15) is 65.0 Å². The van der Waals surface area contributed by atoms with Gasteiger partial charge in [0.25, 0.3) is 0 Å². The largest absolute Gasteiger partial charge is 0.457 e. The van der Waals surface area contributed by atoms with Crippen LogP contribution in [0.3, 0.4) is 0 Å². The number of allylic oxidation sites excluding steroid dienone is 1. The van der Waals surface area contributed by atoms with Gasteiger partial charge in [0.1, 0.15) is 28.8 Å². The first-order chi connectivity index (χ1) is 19.6. The maximum atomic E-state index is 12.7. The summed E-state index contributed by atoms with van der Waals surface area (Å²) in [5.41, 5.74) is 2.30. The summed E-state index contributed by atoms with van der Waals surface area (Å²) in [7, 11) is 0. The third-order valence-corrected chi connectivity index (χ3v) is 8.29. The molecule has 2 aliphatic heterocycles. The van der Waals surface area contributed by atoms with Crippen LogP contribution in [0.15, 0.2) is 66.3 Å². The van der Waals surface area contributed by atoms with Crippen LogP contribution in [0.4, 0.5) is 0 Å². The van der Waals surface area contributed by atoms with Crippen molar-refractivity contribution < 1.29 is 33.6 Å². The second kappa shape index (κ2) is 12.1. The molecule has 1 unspecified atom stereocenters. The van der Waals surface area contributed by atoms with Gasteiger partial charge in [-0.25, -0.2) is 4.79 Å². The second-order valence-electron chi connectivity index (χ2n) is 12.2. The molecule has 1 aliphatic carbocycles. The molecule has 220 valence electrons. The van der Waals surface area contributed by atoms with Crippen LogP contribution in [0.5, 0.6) is 11.5 Å². The number of carbonyl (C=O) groups is 1. The molecule has 7 heteroatoms. The van der Waals surface area contributed by atoms with Gasteiger partial charge in [-0.3, -0.25) is 0 Å². The summed E-state index contributed by atoms with van der Waals surface area (Å²) in [6, 6.07) is 15.3. The Morgan fingerprint density at radius 3 is 2.37 bits per heavy atom. The van der Waals surface area contributed by atoms with Crippen molar-refractivity contribution in [1.82, 2.24) is 0 Å². The molecule has 0 amide bonds. The van der Waals surface area contributed by atoms with Crippen molar-refractivity contribution in [2.75, 3.05) is 6.61 Å². The number of ether oxygens (including phenoxy) is 5. The van der Waals surface area contributed by atoms with Crippen LogP contribution in [0.25, 0.3) is 6.08 Å². The van der Waals surface area contributed by atoms with Gasteiger partial charge in [0.2, 0.25) is 0 Å². The summed E-state index contributed by atoms with van der Waals surface area (Å²) in [6.45, 7) is 11.4. The molecule has 2 saturated heterocycles. The Labute approximate surface area is 243 Å². The zero-order valence-corrected chi connectivity index (χ0v) is 24.7. The lowest BCUT2D eigenvalue weighted by Crippen LogP contribution is -2.54. The second-order valence-corrected chi connectivity index (χ2v) is 12.2. The van der Waals surface area contributed by atoms with E-state index in [0.29, 0.717) is 25.4 Å². The first kappa shape index (κ1) is 29.5. The summed E-state index contributed by atoms with van der Waals surface area (Å²) in [5, 5.41) is 11.3. The molecule has 5 rings (SSSR count). The van der Waals surface area contributed by atoms with E-state index in [0.717, 1.165) is 29.7 Å². The number of rotatable bonds is 11. The fourth-order valence-electron chi connectivity index (χ4n) is 5.87. The van der Waals surface area contributed by atoms with Crippen molar-refractivity contribution in [2.45, 2.75) is 96.1 Å². The topological polar surface area (TPSA) is 90.0 Å². The van der Waals surface area contributed by atoms with E-state index in [1.54, 1.807) is 6.08 Å². The van der Waals surface area contributed by atoms with Crippen molar-refractivity contribution in [3.05, 3.63) is 77.4 Å². The van der Waals surface area contributed by atoms with Gasteiger partial charge in [-0.2, -0.15) is 0 Å². The lowest BCUT2D eigenvalue weighted by molar-refractivity contribution is -0.162. The predicted molar refractivity (Wildman–Crippen MR) is 157 cm³/mol. The van der Waals surface area contributed by atoms with Crippen molar-refractivity contribution >= 4 is 12.0 Å². The molecule has 41 heavy (non-hydrogen) atoms. The SMILES string of the molecule is CC(C)=CC[C@@H]1O[C@@]1(C)C1[C@H](O)[C@H](OC(=O)/C=C/c2ccc(Oc3ccc(COC(C)C)cc3)cc2)CC[C@]12CO2. The molecule has 0 aromatic heterocycles. The maximum absolute atomic E-state index is 12.7. The van der Waals surface area contributed by atoms with Crippen LogP contribution in [-0.4, -0.2) is 53.3 Å². The summed E-state index contributed by atoms with van der Waals surface area (Å²) in [5.74, 6) is 0.715. The first-order valence-electron chi connectivity index (χ1n) is 14.6. The molecule has 1 saturated carbocycles. The van der Waals surface area contributed by atoms with E-state index in [4.69, 9.17) is 23.7 Å². The van der Waals surface area contributed by atoms with Gasteiger partial charge in [0.15, 0.2) is 0 Å². The number of hydrogen-bond donors (Lipinski definition) is 1. The van der Waals surface area contributed by atoms with Crippen molar-refractivity contribution in [2.24, 2.45) is 5.92 Å². The molecular weight excluding hydrogens is 520 g/mol. The summed E-state index contributed by atoms with van der Waals surface area (Å²) in [6.07, 6.45) is 6.13. The highest BCUT2D eigenvalue weighted by molar-refractivity contribution is 5.87. The quantitative estimate of drug-likeness (QED) is 0.147. The lowest BCUT2D eigenvalue weighted by Gasteiger charge is -2.40. The highest BCUT2D eigenvalue weighted by atomic mass is 16.6. The number of benzene rings is 2. The van der Waals surface area contributed by atoms with Gasteiger partial charge in [-0.1, -0.05) is 35.9 Å². The minimum atomic E-state index is -0.849. The summed E-state index contributed by atoms with van der Waals surface area (Å²) in [4.78, 5) is 12.7. The lowest BCUT2D eigenvalue weighted by atomic mass is 9.68. The normalized spacial score (nSPS) is 30.4. The fraction of sp³-hybridized carbons (Fsp3) is 0.500. The van der Waals surface area contributed by atoms with E-state index in [1.165, 1.54) is 11.6 Å². The molecule has 6 atom stereocenters. The number of carbonyl (C=O) groups excluding carboxylic acids is 1. The van der Waals surface area contributed by atoms with Gasteiger partial charge in [-0.15, -0.1) is 0 Å². The molecule has 1 N–H and O–H groups in total. The number of aliphatic hydroxyl groups excluding tert-OH is 1. The zero-order valence-electron chi connectivity index (χ0n) is 24.7. The van der Waals surface area contributed by atoms with E-state index < -0.39 is 23.8 Å². The highest BCUT2D eigenvalue weighted by Crippen LogP contribution is 2.59. The zero-order chi connectivity index (χ0) is 29.2. The molecular formula is C34H42O7. The van der Waals surface area contributed by atoms with Gasteiger partial charge in [-0.05, 0) is 95.3 Å². The van der Waals surface area contributed by atoms with Crippen molar-refractivity contribution in [3.8, 4) is 11.5 Å². The monoisotopic (exact) mass is 562 g/mol. The molecule has 2 aromatic rings. The fourth-order valence-corrected chi connectivity index (χ4v) is 5.87. The van der Waals surface area contributed by atoms with E-state index >= 15 is 0 Å². The van der Waals surface area contributed by atoms with Gasteiger partial charge < -0.3 is 28.8 Å². The standard InChI is InChI=1S/C34H42O7/c1-22(2)6-16-29-33(5,41-29)32-31(36)28(18-19-34(32)21-38-34)40-30(35)17-11-24-7-12-26(13-8-24)39-27-14-9-25(10-15-27)20-37-23(3)4/h6-15,17,23,28-29,31-32,36H,16,18-21H2,1-5H3/b17-11+/t28-,29+,31-,32?,33-,34+/m1/s1. The van der Waals surface area contributed by atoms with Gasteiger partial charge >= 0.3 is 5.97 Å². The molecule has 7 nitrogen and oxygen atoms in total. The van der Waals surface area contributed by atoms with Crippen LogP contribution in [-0.2, 0) is 30.3 Å². The highest BCUT2D eigenvalue weighted by Gasteiger charge is 2.71. The van der Waals surface area contributed by atoms with Gasteiger partial charge in [0, 0.05) is 6.08 Å². The van der Waals surface area contributed by atoms with Gasteiger partial charge in [0.05, 0.1) is 37.4 Å². The Morgan fingerprint density at radius 1 is 1.10 bits per heavy atom. The van der Waals surface area contributed by atoms with E-state index in [2.05, 4.69) is 19.9 Å². The molecule has 1 spiro atoms. The van der Waals surface area contributed by atoms with Crippen molar-refractivity contribution in [1.29, 1.82) is 0 Å². The Bertz CT molecular complexity index is 1250. The third-order valence-electron chi connectivity index (χ3n) is 8.29. The van der Waals surface area contributed by atoms with Crippen LogP contribution in [0, 0.1) is 5.92 Å². The molecule has 2 aromatic carbocycles. The van der Waals surface area contributed by atoms with Crippen LogP contribution in [0.2, 0.25) is 0 Å². The number of hydrogen-bond acceptors (Lipinski definition) is 7. The van der Waals surface area contributed by atoms with Crippen molar-refractivity contribution in [3.63, 3.8) is 0 Å². The number of esters is 1. The molecule has 0 bridgehead atoms. The Morgan fingerprint density at radius 2 is 1.76 bits per heavy atom. The number of aliphatic hydroxyl groups is 1. The first-order valence-corrected chi connectivity index (χ1v) is 14.6. The Kier molecular flexibility index (Phi) is 8.71. The minimum absolute atomic E-state index is 0.0306. The molecule has 2 heterocycles. The smallest absolute Gasteiger partial charge is 0.331 e. The summed E-state index contributed by atoms with van der Waals surface area (Å²) < 4.78 is 29.3. The molecule has 0 radical (unpaired) electrons. The number of epoxide rings is 2. The minimum Gasteiger partial charge on any atom is -0.457 e. The van der Waals surface area contributed by atoms with E-state index in [9.17, 15) is 9.90 Å². The average Bonchev–Trinajstić information content (AvgIpc) is 3.85. The Hall–Kier alpha value is -2.97. The maximum Gasteiger partial charge on any atom is 0.331 e. The van der Waals surface area contributed by atoms with Crippen LogP contribution < -0.4 is 4.74 Å². The average molecular weight is 563 g/mol. The summed E-state index contributed by atoms with van der Waals surface area (Å²) >= 11 is 0. The Balaban J connectivity index is 1.13. The predicted octanol–water partition coefficient (Wildman–Crippen LogP) is 6.38. The van der Waals surface area contributed by atoms with Crippen LogP contribution >= 0.6 is 0 Å². The third kappa shape index (κ3) is 7.09. The van der Waals surface area contributed by atoms with E-state index in [-0.39, 0.29) is 23.7 Å².